The van der Waals surface area contributed by atoms with Crippen molar-refractivity contribution in [2.24, 2.45) is 5.41 Å². The van der Waals surface area contributed by atoms with Crippen molar-refractivity contribution in [3.8, 4) is 0 Å². The number of carbonyl (C=O) groups is 1. The molecule has 1 unspecified atom stereocenters. The van der Waals surface area contributed by atoms with E-state index in [9.17, 15) is 4.79 Å². The van der Waals surface area contributed by atoms with Crippen molar-refractivity contribution in [1.29, 1.82) is 0 Å². The number of ether oxygens (including phenoxy) is 1. The summed E-state index contributed by atoms with van der Waals surface area (Å²) in [7, 11) is 0. The topological polar surface area (TPSA) is 51.2 Å². The van der Waals surface area contributed by atoms with Crippen LogP contribution >= 0.6 is 0 Å². The Labute approximate surface area is 114 Å². The molecule has 19 heavy (non-hydrogen) atoms. The number of hydrogen-bond acceptors (Lipinski definition) is 4. The summed E-state index contributed by atoms with van der Waals surface area (Å²) in [6.07, 6.45) is 5.12. The summed E-state index contributed by atoms with van der Waals surface area (Å²) in [5.41, 5.74) is 0.894. The highest BCUT2D eigenvalue weighted by Crippen LogP contribution is 2.38. The first-order chi connectivity index (χ1) is 9.02. The molecule has 0 aliphatic heterocycles. The van der Waals surface area contributed by atoms with Crippen LogP contribution in [0.4, 0.5) is 5.82 Å². The molecule has 0 aromatic carbocycles. The molecule has 2 rings (SSSR count). The summed E-state index contributed by atoms with van der Waals surface area (Å²) < 4.78 is 5.06. The Morgan fingerprint density at radius 2 is 2.37 bits per heavy atom. The van der Waals surface area contributed by atoms with Gasteiger partial charge in [0.1, 0.15) is 11.4 Å². The highest BCUT2D eigenvalue weighted by molar-refractivity contribution is 5.94. The van der Waals surface area contributed by atoms with Crippen LogP contribution in [0.5, 0.6) is 0 Å². The molecule has 1 atom stereocenters. The van der Waals surface area contributed by atoms with Gasteiger partial charge in [-0.05, 0) is 43.7 Å². The van der Waals surface area contributed by atoms with Crippen LogP contribution < -0.4 is 5.32 Å². The SMILES string of the molecule is CCOC(=O)c1cccnc1NC1CCC(C)(C)C1. The van der Waals surface area contributed by atoms with E-state index in [2.05, 4.69) is 24.1 Å². The Kier molecular flexibility index (Phi) is 4.08. The molecule has 1 aromatic rings. The molecule has 1 fully saturated rings. The molecule has 1 saturated carbocycles. The minimum absolute atomic E-state index is 0.310. The van der Waals surface area contributed by atoms with Crippen LogP contribution in [0, 0.1) is 5.41 Å². The fourth-order valence-electron chi connectivity index (χ4n) is 2.65. The van der Waals surface area contributed by atoms with Gasteiger partial charge in [-0.15, -0.1) is 0 Å². The molecule has 0 saturated heterocycles. The molecule has 4 nitrogen and oxygen atoms in total. The van der Waals surface area contributed by atoms with Gasteiger partial charge in [-0.25, -0.2) is 9.78 Å². The van der Waals surface area contributed by atoms with Crippen molar-refractivity contribution in [2.45, 2.75) is 46.1 Å². The predicted molar refractivity (Wildman–Crippen MR) is 75.2 cm³/mol. The highest BCUT2D eigenvalue weighted by Gasteiger charge is 2.31. The minimum Gasteiger partial charge on any atom is -0.462 e. The number of nitrogens with zero attached hydrogens (tertiary/aromatic N) is 1. The Bertz CT molecular complexity index is 457. The van der Waals surface area contributed by atoms with Crippen LogP contribution in [-0.4, -0.2) is 23.6 Å². The fourth-order valence-corrected chi connectivity index (χ4v) is 2.65. The quantitative estimate of drug-likeness (QED) is 0.846. The first-order valence-electron chi connectivity index (χ1n) is 6.90. The second-order valence-corrected chi connectivity index (χ2v) is 5.87. The van der Waals surface area contributed by atoms with E-state index in [4.69, 9.17) is 4.74 Å². The van der Waals surface area contributed by atoms with E-state index in [0.717, 1.165) is 12.8 Å². The lowest BCUT2D eigenvalue weighted by molar-refractivity contribution is 0.0527. The van der Waals surface area contributed by atoms with Gasteiger partial charge in [-0.3, -0.25) is 0 Å². The van der Waals surface area contributed by atoms with Gasteiger partial charge in [0.2, 0.25) is 0 Å². The van der Waals surface area contributed by atoms with E-state index in [0.29, 0.717) is 29.4 Å². The highest BCUT2D eigenvalue weighted by atomic mass is 16.5. The molecule has 0 radical (unpaired) electrons. The van der Waals surface area contributed by atoms with Crippen molar-refractivity contribution in [3.63, 3.8) is 0 Å². The van der Waals surface area contributed by atoms with Crippen molar-refractivity contribution < 1.29 is 9.53 Å². The van der Waals surface area contributed by atoms with Crippen LogP contribution in [0.1, 0.15) is 50.4 Å². The number of pyridine rings is 1. The molecule has 4 heteroatoms. The minimum atomic E-state index is -0.310. The van der Waals surface area contributed by atoms with Crippen molar-refractivity contribution in [3.05, 3.63) is 23.9 Å². The standard InChI is InChI=1S/C15H22N2O2/c1-4-19-14(18)12-6-5-9-16-13(12)17-11-7-8-15(2,3)10-11/h5-6,9,11H,4,7-8,10H2,1-3H3,(H,16,17). The smallest absolute Gasteiger partial charge is 0.341 e. The number of nitrogens with one attached hydrogen (secondary N) is 1. The molecular weight excluding hydrogens is 240 g/mol. The summed E-state index contributed by atoms with van der Waals surface area (Å²) in [4.78, 5) is 16.1. The number of rotatable bonds is 4. The van der Waals surface area contributed by atoms with Gasteiger partial charge in [0.05, 0.1) is 6.61 Å². The van der Waals surface area contributed by atoms with E-state index >= 15 is 0 Å². The number of aromatic nitrogens is 1. The Morgan fingerprint density at radius 3 is 3.00 bits per heavy atom. The molecule has 1 aromatic heterocycles. The third-order valence-corrected chi connectivity index (χ3v) is 3.61. The van der Waals surface area contributed by atoms with Crippen molar-refractivity contribution in [1.82, 2.24) is 4.98 Å². The van der Waals surface area contributed by atoms with Crippen LogP contribution in [0.2, 0.25) is 0 Å². The van der Waals surface area contributed by atoms with Gasteiger partial charge in [0.25, 0.3) is 0 Å². The van der Waals surface area contributed by atoms with Crippen LogP contribution in [-0.2, 0) is 4.74 Å². The maximum Gasteiger partial charge on any atom is 0.341 e. The zero-order valence-corrected chi connectivity index (χ0v) is 11.9. The zero-order chi connectivity index (χ0) is 13.9. The van der Waals surface area contributed by atoms with Gasteiger partial charge in [-0.2, -0.15) is 0 Å². The van der Waals surface area contributed by atoms with Gasteiger partial charge in [0.15, 0.2) is 0 Å². The monoisotopic (exact) mass is 262 g/mol. The Balaban J connectivity index is 2.10. The largest absolute Gasteiger partial charge is 0.462 e. The van der Waals surface area contributed by atoms with Gasteiger partial charge in [-0.1, -0.05) is 13.8 Å². The first kappa shape index (κ1) is 13.8. The number of esters is 1. The first-order valence-corrected chi connectivity index (χ1v) is 6.90. The summed E-state index contributed by atoms with van der Waals surface area (Å²) in [6, 6.07) is 3.90. The molecule has 0 amide bonds. The van der Waals surface area contributed by atoms with Crippen LogP contribution in [0.15, 0.2) is 18.3 Å². The number of hydrogen-bond donors (Lipinski definition) is 1. The van der Waals surface area contributed by atoms with Gasteiger partial charge in [0, 0.05) is 12.2 Å². The summed E-state index contributed by atoms with van der Waals surface area (Å²) in [5, 5.41) is 3.39. The normalized spacial score (nSPS) is 21.1. The molecule has 1 aliphatic carbocycles. The second-order valence-electron chi connectivity index (χ2n) is 5.87. The van der Waals surface area contributed by atoms with Gasteiger partial charge < -0.3 is 10.1 Å². The molecule has 1 N–H and O–H groups in total. The predicted octanol–water partition coefficient (Wildman–Crippen LogP) is 3.25. The van der Waals surface area contributed by atoms with E-state index in [1.54, 1.807) is 25.3 Å². The maximum absolute atomic E-state index is 11.9. The van der Waals surface area contributed by atoms with E-state index in [1.165, 1.54) is 6.42 Å². The van der Waals surface area contributed by atoms with Crippen LogP contribution in [0.3, 0.4) is 0 Å². The molecular formula is C15H22N2O2. The summed E-state index contributed by atoms with van der Waals surface area (Å²) >= 11 is 0. The van der Waals surface area contributed by atoms with Crippen molar-refractivity contribution in [2.75, 3.05) is 11.9 Å². The van der Waals surface area contributed by atoms with E-state index in [-0.39, 0.29) is 5.97 Å². The summed E-state index contributed by atoms with van der Waals surface area (Å²) in [5.74, 6) is 0.332. The molecule has 1 heterocycles. The van der Waals surface area contributed by atoms with E-state index < -0.39 is 0 Å². The fraction of sp³-hybridized carbons (Fsp3) is 0.600. The lowest BCUT2D eigenvalue weighted by atomic mass is 9.92. The molecule has 104 valence electrons. The van der Waals surface area contributed by atoms with E-state index in [1.807, 2.05) is 0 Å². The third kappa shape index (κ3) is 3.46. The molecule has 0 spiro atoms. The Morgan fingerprint density at radius 1 is 1.58 bits per heavy atom. The van der Waals surface area contributed by atoms with Gasteiger partial charge >= 0.3 is 5.97 Å². The lowest BCUT2D eigenvalue weighted by Crippen LogP contribution is -2.20. The average Bonchev–Trinajstić information content (AvgIpc) is 2.69. The molecule has 0 bridgehead atoms. The lowest BCUT2D eigenvalue weighted by Gasteiger charge is -2.19. The second kappa shape index (κ2) is 5.59. The molecule has 1 aliphatic rings. The average molecular weight is 262 g/mol. The number of anilines is 1. The van der Waals surface area contributed by atoms with Crippen molar-refractivity contribution >= 4 is 11.8 Å². The third-order valence-electron chi connectivity index (χ3n) is 3.61. The van der Waals surface area contributed by atoms with Crippen LogP contribution in [0.25, 0.3) is 0 Å². The number of carbonyl (C=O) groups excluding carboxylic acids is 1. The maximum atomic E-state index is 11.9. The Hall–Kier alpha value is -1.58. The zero-order valence-electron chi connectivity index (χ0n) is 11.9. The summed E-state index contributed by atoms with van der Waals surface area (Å²) in [6.45, 7) is 6.74.